The van der Waals surface area contributed by atoms with Gasteiger partial charge in [0.1, 0.15) is 11.2 Å². The summed E-state index contributed by atoms with van der Waals surface area (Å²) in [6, 6.07) is 5.85. The van der Waals surface area contributed by atoms with Gasteiger partial charge in [0.2, 0.25) is 5.91 Å². The number of imidazole rings is 1. The normalized spacial score (nSPS) is 21.7. The van der Waals surface area contributed by atoms with Crippen molar-refractivity contribution < 1.29 is 14.3 Å². The van der Waals surface area contributed by atoms with Gasteiger partial charge in [0, 0.05) is 38.4 Å². The highest BCUT2D eigenvalue weighted by Crippen LogP contribution is 2.30. The van der Waals surface area contributed by atoms with Crippen molar-refractivity contribution in [2.24, 2.45) is 5.92 Å². The molecule has 2 aliphatic rings. The van der Waals surface area contributed by atoms with Crippen LogP contribution < -0.4 is 0 Å². The molecule has 0 aromatic carbocycles. The molecule has 0 aliphatic carbocycles. The molecule has 0 spiro atoms. The Morgan fingerprint density at radius 3 is 2.93 bits per heavy atom. The number of piperazine rings is 1. The van der Waals surface area contributed by atoms with Crippen LogP contribution in [0.2, 0.25) is 0 Å². The zero-order valence-electron chi connectivity index (χ0n) is 17.1. The Balaban J connectivity index is 1.39. The molecule has 7 nitrogen and oxygen atoms in total. The average Bonchev–Trinajstić information content (AvgIpc) is 3.25. The van der Waals surface area contributed by atoms with Crippen molar-refractivity contribution in [2.75, 3.05) is 19.6 Å². The first-order valence-corrected chi connectivity index (χ1v) is 10.0. The van der Waals surface area contributed by atoms with E-state index in [-0.39, 0.29) is 24.0 Å². The molecule has 0 saturated carbocycles. The number of pyridine rings is 1. The number of carbonyl (C=O) groups excluding carboxylic acids is 2. The maximum atomic E-state index is 12.8. The third-order valence-corrected chi connectivity index (χ3v) is 5.32. The number of fused-ring (bicyclic) bond motifs is 2. The molecule has 29 heavy (non-hydrogen) atoms. The molecule has 0 radical (unpaired) electrons. The minimum Gasteiger partial charge on any atom is -0.444 e. The molecule has 1 unspecified atom stereocenters. The molecule has 0 N–H and O–H groups in total. The predicted octanol–water partition coefficient (Wildman–Crippen LogP) is 2.54. The van der Waals surface area contributed by atoms with Crippen LogP contribution in [0.5, 0.6) is 0 Å². The van der Waals surface area contributed by atoms with E-state index < -0.39 is 5.60 Å². The molecule has 2 fully saturated rings. The maximum Gasteiger partial charge on any atom is 0.410 e. The fraction of sp³-hybridized carbons (Fsp3) is 0.500. The Kier molecular flexibility index (Phi) is 4.95. The standard InChI is InChI=1S/C22H26N4O3/c1-22(2,3)29-21(28)24-12-13-26-18(15-24)14-16(20(26)27)6-4-7-17-8-5-9-19-23-10-11-25(17)19/h5,8-11,16,18H,6,12-15H2,1-3H3/t16?,18-/m0/s1. The molecule has 4 rings (SSSR count). The van der Waals surface area contributed by atoms with E-state index in [2.05, 4.69) is 16.8 Å². The quantitative estimate of drug-likeness (QED) is 0.697. The van der Waals surface area contributed by atoms with Crippen LogP contribution in [0.1, 0.15) is 39.3 Å². The van der Waals surface area contributed by atoms with Crippen molar-refractivity contribution >= 4 is 17.6 Å². The van der Waals surface area contributed by atoms with Crippen LogP contribution in [-0.2, 0) is 9.53 Å². The van der Waals surface area contributed by atoms with Gasteiger partial charge in [0.25, 0.3) is 0 Å². The Morgan fingerprint density at radius 1 is 1.31 bits per heavy atom. The minimum absolute atomic E-state index is 0.0487. The van der Waals surface area contributed by atoms with Crippen LogP contribution in [0.25, 0.3) is 5.65 Å². The number of aromatic nitrogens is 2. The molecule has 2 aromatic heterocycles. The number of ether oxygens (including phenoxy) is 1. The lowest BCUT2D eigenvalue weighted by Gasteiger charge is -2.38. The third kappa shape index (κ3) is 4.07. The molecule has 2 saturated heterocycles. The van der Waals surface area contributed by atoms with E-state index >= 15 is 0 Å². The Bertz CT molecular complexity index is 995. The van der Waals surface area contributed by atoms with E-state index in [4.69, 9.17) is 4.74 Å². The van der Waals surface area contributed by atoms with Crippen LogP contribution in [0.3, 0.4) is 0 Å². The van der Waals surface area contributed by atoms with Crippen LogP contribution in [0.4, 0.5) is 4.79 Å². The lowest BCUT2D eigenvalue weighted by molar-refractivity contribution is -0.133. The lowest BCUT2D eigenvalue weighted by Crippen LogP contribution is -2.54. The Hall–Kier alpha value is -3.01. The van der Waals surface area contributed by atoms with Crippen molar-refractivity contribution in [3.05, 3.63) is 36.3 Å². The van der Waals surface area contributed by atoms with Gasteiger partial charge in [-0.3, -0.25) is 9.20 Å². The molecule has 0 bridgehead atoms. The summed E-state index contributed by atoms with van der Waals surface area (Å²) in [6.07, 6.45) is 4.56. The highest BCUT2D eigenvalue weighted by atomic mass is 16.6. The van der Waals surface area contributed by atoms with E-state index in [1.54, 1.807) is 11.1 Å². The summed E-state index contributed by atoms with van der Waals surface area (Å²) in [4.78, 5) is 33.0. The van der Waals surface area contributed by atoms with Gasteiger partial charge in [-0.15, -0.1) is 0 Å². The molecule has 2 amide bonds. The van der Waals surface area contributed by atoms with E-state index in [1.165, 1.54) is 0 Å². The molecule has 2 aromatic rings. The zero-order chi connectivity index (χ0) is 20.6. The van der Waals surface area contributed by atoms with E-state index in [0.29, 0.717) is 26.1 Å². The zero-order valence-corrected chi connectivity index (χ0v) is 17.1. The van der Waals surface area contributed by atoms with Gasteiger partial charge in [-0.1, -0.05) is 12.0 Å². The van der Waals surface area contributed by atoms with Gasteiger partial charge < -0.3 is 14.5 Å². The number of carbonyl (C=O) groups is 2. The second-order valence-corrected chi connectivity index (χ2v) is 8.62. The summed E-state index contributed by atoms with van der Waals surface area (Å²) in [5, 5.41) is 0. The Labute approximate surface area is 170 Å². The lowest BCUT2D eigenvalue weighted by atomic mass is 10.0. The number of rotatable bonds is 1. The van der Waals surface area contributed by atoms with Gasteiger partial charge in [0.15, 0.2) is 0 Å². The second-order valence-electron chi connectivity index (χ2n) is 8.62. The van der Waals surface area contributed by atoms with E-state index in [0.717, 1.165) is 17.8 Å². The largest absolute Gasteiger partial charge is 0.444 e. The van der Waals surface area contributed by atoms with Crippen LogP contribution in [0.15, 0.2) is 30.6 Å². The third-order valence-electron chi connectivity index (χ3n) is 5.32. The molecule has 4 heterocycles. The summed E-state index contributed by atoms with van der Waals surface area (Å²) in [5.74, 6) is 6.38. The van der Waals surface area contributed by atoms with Gasteiger partial charge in [-0.25, -0.2) is 9.78 Å². The summed E-state index contributed by atoms with van der Waals surface area (Å²) in [6.45, 7) is 7.18. The SMILES string of the molecule is CC(C)(C)OC(=O)N1CCN2C(=O)C(CC#Cc3cccc4nccn34)C[C@H]2C1. The highest BCUT2D eigenvalue weighted by Gasteiger charge is 2.43. The topological polar surface area (TPSA) is 67.2 Å². The number of hydrogen-bond donors (Lipinski definition) is 0. The second kappa shape index (κ2) is 7.43. The molecule has 2 aliphatic heterocycles. The first-order valence-electron chi connectivity index (χ1n) is 10.0. The predicted molar refractivity (Wildman–Crippen MR) is 108 cm³/mol. The van der Waals surface area contributed by atoms with Crippen molar-refractivity contribution in [3.63, 3.8) is 0 Å². The van der Waals surface area contributed by atoms with E-state index in [1.807, 2.05) is 54.5 Å². The van der Waals surface area contributed by atoms with Gasteiger partial charge in [-0.05, 0) is 45.2 Å². The van der Waals surface area contributed by atoms with Crippen molar-refractivity contribution in [2.45, 2.75) is 45.3 Å². The van der Waals surface area contributed by atoms with E-state index in [9.17, 15) is 9.59 Å². The Morgan fingerprint density at radius 2 is 2.14 bits per heavy atom. The first-order chi connectivity index (χ1) is 13.8. The van der Waals surface area contributed by atoms with Crippen LogP contribution in [0, 0.1) is 17.8 Å². The van der Waals surface area contributed by atoms with Crippen molar-refractivity contribution in [1.29, 1.82) is 0 Å². The molecular formula is C22H26N4O3. The van der Waals surface area contributed by atoms with Crippen molar-refractivity contribution in [1.82, 2.24) is 19.2 Å². The fourth-order valence-electron chi connectivity index (χ4n) is 3.99. The number of hydrogen-bond acceptors (Lipinski definition) is 4. The smallest absolute Gasteiger partial charge is 0.410 e. The minimum atomic E-state index is -0.518. The van der Waals surface area contributed by atoms with Crippen molar-refractivity contribution in [3.8, 4) is 11.8 Å². The summed E-state index contributed by atoms with van der Waals surface area (Å²) in [7, 11) is 0. The summed E-state index contributed by atoms with van der Waals surface area (Å²) < 4.78 is 7.41. The van der Waals surface area contributed by atoms with Crippen LogP contribution >= 0.6 is 0 Å². The van der Waals surface area contributed by atoms with Crippen LogP contribution in [-0.4, -0.2) is 62.5 Å². The fourth-order valence-corrected chi connectivity index (χ4v) is 3.99. The summed E-state index contributed by atoms with van der Waals surface area (Å²) >= 11 is 0. The average molecular weight is 394 g/mol. The maximum absolute atomic E-state index is 12.8. The van der Waals surface area contributed by atoms with Gasteiger partial charge >= 0.3 is 6.09 Å². The van der Waals surface area contributed by atoms with Gasteiger partial charge in [0.05, 0.1) is 17.7 Å². The molecule has 2 atom stereocenters. The van der Waals surface area contributed by atoms with Gasteiger partial charge in [-0.2, -0.15) is 0 Å². The number of nitrogens with zero attached hydrogens (tertiary/aromatic N) is 4. The molecule has 7 heteroatoms. The first kappa shape index (κ1) is 19.3. The monoisotopic (exact) mass is 394 g/mol. The highest BCUT2D eigenvalue weighted by molar-refractivity contribution is 5.82. The molecular weight excluding hydrogens is 368 g/mol. The molecule has 152 valence electrons. The number of amides is 2. The summed E-state index contributed by atoms with van der Waals surface area (Å²) in [5.41, 5.74) is 1.20.